The van der Waals surface area contributed by atoms with Crippen LogP contribution in [0.3, 0.4) is 0 Å². The van der Waals surface area contributed by atoms with Crippen molar-refractivity contribution in [3.63, 3.8) is 0 Å². The molecule has 2 atom stereocenters. The van der Waals surface area contributed by atoms with Crippen molar-refractivity contribution in [2.45, 2.75) is 18.9 Å². The predicted molar refractivity (Wildman–Crippen MR) is 203 cm³/mol. The lowest BCUT2D eigenvalue weighted by Crippen LogP contribution is -2.29. The zero-order chi connectivity index (χ0) is 32.6. The number of hydrogen-bond donors (Lipinski definition) is 0. The van der Waals surface area contributed by atoms with Gasteiger partial charge in [-0.3, -0.25) is 0 Å². The summed E-state index contributed by atoms with van der Waals surface area (Å²) in [5.74, 6) is 1.04. The van der Waals surface area contributed by atoms with Crippen LogP contribution in [0.25, 0.3) is 56.1 Å². The topological polar surface area (TPSA) is 22.4 Å². The van der Waals surface area contributed by atoms with Crippen LogP contribution in [-0.4, -0.2) is 6.10 Å². The Hall–Kier alpha value is -5.86. The van der Waals surface area contributed by atoms with Crippen molar-refractivity contribution in [1.29, 1.82) is 0 Å². The summed E-state index contributed by atoms with van der Waals surface area (Å²) in [4.78, 5) is 0. The standard InChI is InChI=1S/C46H36O2/c1-4-32-17-9-11-19-34(32)30(2)35-20-7-5-6-8-21-36(38-23-13-12-22-37(35)38)31(3)40-28-41-39-24-14-16-26-44(39)48-46(41)29-42(40)45-27-33-18-10-15-25-43(33)47-45/h4,7-29,33,43H,1-3,5-6H2/b20-7+,21-8+,37-35+,38-36+. The SMILES string of the molecule is C=Cc1ccccc1C(=C)C1=c2\cccc\c2=C(C(=C)c2cc3c(cc2C2=CC4C=CC=CC4O2)oc2ccccc23)\C=C\CC\C=C\1. The quantitative estimate of drug-likeness (QED) is 0.188. The Morgan fingerprint density at radius 3 is 2.10 bits per heavy atom. The lowest BCUT2D eigenvalue weighted by atomic mass is 9.88. The summed E-state index contributed by atoms with van der Waals surface area (Å²) < 4.78 is 13.0. The molecule has 0 spiro atoms. The number of rotatable bonds is 6. The fraction of sp³-hybridized carbons (Fsp3) is 0.0870. The van der Waals surface area contributed by atoms with Gasteiger partial charge in [-0.15, -0.1) is 0 Å². The van der Waals surface area contributed by atoms with Gasteiger partial charge in [-0.2, -0.15) is 0 Å². The van der Waals surface area contributed by atoms with Gasteiger partial charge in [-0.25, -0.2) is 0 Å². The molecule has 48 heavy (non-hydrogen) atoms. The van der Waals surface area contributed by atoms with Crippen molar-refractivity contribution >= 4 is 56.1 Å². The molecule has 0 amide bonds. The third kappa shape index (κ3) is 5.16. The Morgan fingerprint density at radius 1 is 0.688 bits per heavy atom. The van der Waals surface area contributed by atoms with Crippen molar-refractivity contribution in [3.8, 4) is 0 Å². The largest absolute Gasteiger partial charge is 0.485 e. The second-order valence-electron chi connectivity index (χ2n) is 12.5. The molecular formula is C46H36O2. The van der Waals surface area contributed by atoms with Crippen molar-refractivity contribution in [2.24, 2.45) is 5.92 Å². The third-order valence-electron chi connectivity index (χ3n) is 9.57. The number of furan rings is 1. The van der Waals surface area contributed by atoms with E-state index in [1.807, 2.05) is 24.3 Å². The van der Waals surface area contributed by atoms with Crippen molar-refractivity contribution in [2.75, 3.05) is 0 Å². The molecule has 0 bridgehead atoms. The van der Waals surface area contributed by atoms with Crippen LogP contribution in [0.1, 0.15) is 35.1 Å². The monoisotopic (exact) mass is 620 g/mol. The van der Waals surface area contributed by atoms with Crippen molar-refractivity contribution in [3.05, 3.63) is 192 Å². The van der Waals surface area contributed by atoms with E-state index in [0.717, 1.165) is 95.5 Å². The summed E-state index contributed by atoms with van der Waals surface area (Å²) in [5.41, 5.74) is 9.86. The Morgan fingerprint density at radius 2 is 1.35 bits per heavy atom. The average molecular weight is 621 g/mol. The van der Waals surface area contributed by atoms with Crippen LogP contribution in [0.15, 0.2) is 164 Å². The lowest BCUT2D eigenvalue weighted by Gasteiger charge is -2.18. The molecule has 0 radical (unpaired) electrons. The van der Waals surface area contributed by atoms with Gasteiger partial charge in [0.05, 0.1) is 0 Å². The maximum absolute atomic E-state index is 6.60. The summed E-state index contributed by atoms with van der Waals surface area (Å²) in [6.45, 7) is 13.5. The predicted octanol–water partition coefficient (Wildman–Crippen LogP) is 10.3. The lowest BCUT2D eigenvalue weighted by molar-refractivity contribution is 0.213. The summed E-state index contributed by atoms with van der Waals surface area (Å²) in [5, 5.41) is 4.35. The van der Waals surface area contributed by atoms with Gasteiger partial charge in [0.2, 0.25) is 0 Å². The second kappa shape index (κ2) is 12.4. The van der Waals surface area contributed by atoms with Gasteiger partial charge >= 0.3 is 0 Å². The van der Waals surface area contributed by atoms with Crippen LogP contribution >= 0.6 is 0 Å². The van der Waals surface area contributed by atoms with Crippen LogP contribution in [0, 0.1) is 5.92 Å². The van der Waals surface area contributed by atoms with Crippen LogP contribution in [0.2, 0.25) is 0 Å². The maximum atomic E-state index is 6.60. The zero-order valence-electron chi connectivity index (χ0n) is 26.9. The highest BCUT2D eigenvalue weighted by atomic mass is 16.5. The minimum Gasteiger partial charge on any atom is -0.485 e. The van der Waals surface area contributed by atoms with Gasteiger partial charge in [-0.1, -0.05) is 135 Å². The molecule has 2 nitrogen and oxygen atoms in total. The minimum absolute atomic E-state index is 0.0205. The molecule has 0 N–H and O–H groups in total. The van der Waals surface area contributed by atoms with E-state index < -0.39 is 0 Å². The van der Waals surface area contributed by atoms with E-state index in [0.29, 0.717) is 0 Å². The molecule has 1 aromatic heterocycles. The molecule has 2 heteroatoms. The Labute approximate surface area is 281 Å². The first-order valence-electron chi connectivity index (χ1n) is 16.6. The Kier molecular flexibility index (Phi) is 7.62. The fourth-order valence-corrected chi connectivity index (χ4v) is 7.10. The molecule has 0 saturated heterocycles. The first-order chi connectivity index (χ1) is 23.6. The van der Waals surface area contributed by atoms with Crippen LogP contribution in [0.4, 0.5) is 0 Å². The summed E-state index contributed by atoms with van der Waals surface area (Å²) in [6.07, 6.45) is 23.4. The average Bonchev–Trinajstić information content (AvgIpc) is 3.73. The van der Waals surface area contributed by atoms with E-state index in [2.05, 4.69) is 135 Å². The van der Waals surface area contributed by atoms with Crippen LogP contribution < -0.4 is 10.4 Å². The molecule has 4 aromatic carbocycles. The van der Waals surface area contributed by atoms with E-state index in [9.17, 15) is 0 Å². The van der Waals surface area contributed by atoms with Crippen LogP contribution in [-0.2, 0) is 4.74 Å². The number of benzene rings is 4. The van der Waals surface area contributed by atoms with Gasteiger partial charge in [0.1, 0.15) is 23.0 Å². The third-order valence-corrected chi connectivity index (χ3v) is 9.57. The Bertz CT molecular complexity index is 2430. The molecular weight excluding hydrogens is 585 g/mol. The van der Waals surface area contributed by atoms with Crippen LogP contribution in [0.5, 0.6) is 0 Å². The van der Waals surface area contributed by atoms with Crippen molar-refractivity contribution in [1.82, 2.24) is 0 Å². The normalized spacial score (nSPS) is 22.0. The molecule has 2 heterocycles. The van der Waals surface area contributed by atoms with Gasteiger partial charge in [0.25, 0.3) is 0 Å². The van der Waals surface area contributed by atoms with Gasteiger partial charge < -0.3 is 9.15 Å². The molecule has 8 rings (SSSR count). The number of hydrogen-bond acceptors (Lipinski definition) is 2. The molecule has 2 aliphatic carbocycles. The van der Waals surface area contributed by atoms with E-state index in [1.54, 1.807) is 0 Å². The second-order valence-corrected chi connectivity index (χ2v) is 12.5. The molecule has 232 valence electrons. The molecule has 0 fully saturated rings. The number of para-hydroxylation sites is 1. The molecule has 1 aliphatic heterocycles. The molecule has 5 aromatic rings. The summed E-state index contributed by atoms with van der Waals surface area (Å²) in [6, 6.07) is 29.5. The highest BCUT2D eigenvalue weighted by Crippen LogP contribution is 2.41. The highest BCUT2D eigenvalue weighted by molar-refractivity contribution is 6.11. The first-order valence-corrected chi connectivity index (χ1v) is 16.6. The first kappa shape index (κ1) is 29.5. The van der Waals surface area contributed by atoms with Gasteiger partial charge in [-0.05, 0) is 92.6 Å². The van der Waals surface area contributed by atoms with E-state index >= 15 is 0 Å². The zero-order valence-corrected chi connectivity index (χ0v) is 26.9. The summed E-state index contributed by atoms with van der Waals surface area (Å²) >= 11 is 0. The number of fused-ring (bicyclic) bond motifs is 5. The van der Waals surface area contributed by atoms with Gasteiger partial charge in [0.15, 0.2) is 0 Å². The molecule has 2 unspecified atom stereocenters. The Balaban J connectivity index is 1.40. The van der Waals surface area contributed by atoms with E-state index in [4.69, 9.17) is 15.7 Å². The molecule has 0 saturated carbocycles. The maximum Gasteiger partial charge on any atom is 0.136 e. The number of allylic oxidation sites excluding steroid dienone is 8. The minimum atomic E-state index is -0.0205. The highest BCUT2D eigenvalue weighted by Gasteiger charge is 2.29. The van der Waals surface area contributed by atoms with Crippen molar-refractivity contribution < 1.29 is 9.15 Å². The van der Waals surface area contributed by atoms with E-state index in [1.165, 1.54) is 0 Å². The van der Waals surface area contributed by atoms with Gasteiger partial charge in [0, 0.05) is 22.3 Å². The number of ether oxygens (including phenoxy) is 1. The summed E-state index contributed by atoms with van der Waals surface area (Å²) in [7, 11) is 0. The molecule has 3 aliphatic rings. The van der Waals surface area contributed by atoms with E-state index in [-0.39, 0.29) is 12.0 Å². The smallest absolute Gasteiger partial charge is 0.136 e. The fourth-order valence-electron chi connectivity index (χ4n) is 7.10.